The third kappa shape index (κ3) is 5.21. The Hall–Kier alpha value is -2.15. The Morgan fingerprint density at radius 1 is 1.30 bits per heavy atom. The minimum Gasteiger partial charge on any atom is -0.459 e. The van der Waals surface area contributed by atoms with Crippen LogP contribution in [0.15, 0.2) is 36.2 Å². The molecule has 1 aromatic carbocycles. The average molecular weight is 315 g/mol. The predicted molar refractivity (Wildman–Crippen MR) is 86.4 cm³/mol. The van der Waals surface area contributed by atoms with Gasteiger partial charge in [-0.3, -0.25) is 0 Å². The lowest BCUT2D eigenvalue weighted by Gasteiger charge is -2.26. The predicted octanol–water partition coefficient (Wildman–Crippen LogP) is 4.73. The standard InChI is InChI=1S/C19H22FNO2/c1-2-3-14-4-8-16(9-5-14)19(22)23-18-10-6-15(7-11-18)12-17(20)13-21/h4-5,8-9,12,15,18H,2-3,6-7,10-11H2,1H3. The second-order valence-electron chi connectivity index (χ2n) is 6.02. The van der Waals surface area contributed by atoms with E-state index in [1.807, 2.05) is 24.3 Å². The molecule has 1 aliphatic rings. The number of carbonyl (C=O) groups excluding carboxylic acids is 1. The number of aryl methyl sites for hydroxylation is 1. The molecule has 0 saturated heterocycles. The summed E-state index contributed by atoms with van der Waals surface area (Å²) < 4.78 is 18.5. The van der Waals surface area contributed by atoms with Crippen molar-refractivity contribution in [2.45, 2.75) is 51.6 Å². The normalized spacial score (nSPS) is 21.5. The summed E-state index contributed by atoms with van der Waals surface area (Å²) >= 11 is 0. The molecule has 0 unspecified atom stereocenters. The van der Waals surface area contributed by atoms with Gasteiger partial charge in [-0.15, -0.1) is 0 Å². The molecule has 2 rings (SSSR count). The number of rotatable bonds is 5. The average Bonchev–Trinajstić information content (AvgIpc) is 2.57. The summed E-state index contributed by atoms with van der Waals surface area (Å²) in [6.07, 6.45) is 6.24. The minimum atomic E-state index is -0.724. The van der Waals surface area contributed by atoms with Crippen molar-refractivity contribution in [2.24, 2.45) is 5.92 Å². The first kappa shape index (κ1) is 17.2. The number of hydrogen-bond donors (Lipinski definition) is 0. The van der Waals surface area contributed by atoms with Crippen LogP contribution >= 0.6 is 0 Å². The smallest absolute Gasteiger partial charge is 0.338 e. The highest BCUT2D eigenvalue weighted by Gasteiger charge is 2.23. The van der Waals surface area contributed by atoms with Gasteiger partial charge >= 0.3 is 5.97 Å². The maximum atomic E-state index is 12.9. The SMILES string of the molecule is CCCc1ccc(C(=O)OC2CCC(C=C(F)C#N)CC2)cc1. The molecule has 0 aliphatic heterocycles. The molecule has 0 radical (unpaired) electrons. The van der Waals surface area contributed by atoms with Gasteiger partial charge < -0.3 is 4.74 Å². The third-order valence-corrected chi connectivity index (χ3v) is 4.21. The van der Waals surface area contributed by atoms with Crippen LogP contribution in [0.3, 0.4) is 0 Å². The van der Waals surface area contributed by atoms with Crippen LogP contribution in [0.4, 0.5) is 4.39 Å². The molecule has 0 amide bonds. The maximum Gasteiger partial charge on any atom is 0.338 e. The summed E-state index contributed by atoms with van der Waals surface area (Å²) in [5.74, 6) is -0.953. The molecule has 0 aromatic heterocycles. The van der Waals surface area contributed by atoms with Crippen molar-refractivity contribution in [1.82, 2.24) is 0 Å². The molecular formula is C19H22FNO2. The van der Waals surface area contributed by atoms with Crippen LogP contribution in [0.2, 0.25) is 0 Å². The lowest BCUT2D eigenvalue weighted by Crippen LogP contribution is -2.24. The Kier molecular flexibility index (Phi) is 6.34. The second kappa shape index (κ2) is 8.47. The van der Waals surface area contributed by atoms with Crippen molar-refractivity contribution in [3.8, 4) is 6.07 Å². The number of nitriles is 1. The first-order valence-corrected chi connectivity index (χ1v) is 8.19. The van der Waals surface area contributed by atoms with Crippen LogP contribution in [0.5, 0.6) is 0 Å². The highest BCUT2D eigenvalue weighted by atomic mass is 19.1. The molecule has 0 spiro atoms. The molecule has 122 valence electrons. The molecule has 0 bridgehead atoms. The van der Waals surface area contributed by atoms with E-state index in [9.17, 15) is 9.18 Å². The van der Waals surface area contributed by atoms with Gasteiger partial charge in [-0.1, -0.05) is 25.5 Å². The van der Waals surface area contributed by atoms with Crippen molar-refractivity contribution >= 4 is 5.97 Å². The van der Waals surface area contributed by atoms with E-state index in [0.29, 0.717) is 18.4 Å². The first-order valence-electron chi connectivity index (χ1n) is 8.19. The minimum absolute atomic E-state index is 0.0675. The number of ether oxygens (including phenoxy) is 1. The van der Waals surface area contributed by atoms with Crippen molar-refractivity contribution in [3.05, 3.63) is 47.3 Å². The maximum absolute atomic E-state index is 12.9. The molecule has 0 atom stereocenters. The zero-order chi connectivity index (χ0) is 16.7. The molecule has 0 N–H and O–H groups in total. The van der Waals surface area contributed by atoms with E-state index in [1.165, 1.54) is 17.7 Å². The summed E-state index contributed by atoms with van der Waals surface area (Å²) in [6.45, 7) is 2.12. The monoisotopic (exact) mass is 315 g/mol. The van der Waals surface area contributed by atoms with Crippen LogP contribution in [-0.2, 0) is 11.2 Å². The number of nitrogens with zero attached hydrogens (tertiary/aromatic N) is 1. The molecule has 1 saturated carbocycles. The highest BCUT2D eigenvalue weighted by molar-refractivity contribution is 5.89. The molecule has 1 aliphatic carbocycles. The lowest BCUT2D eigenvalue weighted by atomic mass is 9.87. The molecule has 1 aromatic rings. The van der Waals surface area contributed by atoms with E-state index in [4.69, 9.17) is 10.00 Å². The topological polar surface area (TPSA) is 50.1 Å². The quantitative estimate of drug-likeness (QED) is 0.583. The van der Waals surface area contributed by atoms with Gasteiger partial charge in [0.2, 0.25) is 0 Å². The Morgan fingerprint density at radius 2 is 1.96 bits per heavy atom. The summed E-state index contributed by atoms with van der Waals surface area (Å²) in [5, 5.41) is 8.45. The van der Waals surface area contributed by atoms with Gasteiger partial charge in [-0.25, -0.2) is 4.79 Å². The zero-order valence-electron chi connectivity index (χ0n) is 13.4. The van der Waals surface area contributed by atoms with Crippen molar-refractivity contribution in [3.63, 3.8) is 0 Å². The van der Waals surface area contributed by atoms with E-state index >= 15 is 0 Å². The zero-order valence-corrected chi connectivity index (χ0v) is 13.4. The molecule has 23 heavy (non-hydrogen) atoms. The Morgan fingerprint density at radius 3 is 2.52 bits per heavy atom. The molecular weight excluding hydrogens is 293 g/mol. The Balaban J connectivity index is 1.84. The number of allylic oxidation sites excluding steroid dienone is 2. The van der Waals surface area contributed by atoms with Crippen LogP contribution < -0.4 is 0 Å². The van der Waals surface area contributed by atoms with E-state index in [0.717, 1.165) is 25.7 Å². The first-order chi connectivity index (χ1) is 11.1. The highest BCUT2D eigenvalue weighted by Crippen LogP contribution is 2.28. The third-order valence-electron chi connectivity index (χ3n) is 4.21. The van der Waals surface area contributed by atoms with Crippen molar-refractivity contribution in [1.29, 1.82) is 5.26 Å². The number of hydrogen-bond acceptors (Lipinski definition) is 3. The Labute approximate surface area is 136 Å². The van der Waals surface area contributed by atoms with E-state index in [-0.39, 0.29) is 18.0 Å². The van der Waals surface area contributed by atoms with E-state index in [2.05, 4.69) is 6.92 Å². The fourth-order valence-electron chi connectivity index (χ4n) is 2.93. The number of benzene rings is 1. The Bertz CT molecular complexity index is 593. The molecule has 0 heterocycles. The summed E-state index contributed by atoms with van der Waals surface area (Å²) in [6, 6.07) is 9.05. The lowest BCUT2D eigenvalue weighted by molar-refractivity contribution is 0.0184. The summed E-state index contributed by atoms with van der Waals surface area (Å²) in [5.41, 5.74) is 1.79. The van der Waals surface area contributed by atoms with Gasteiger partial charge in [0, 0.05) is 0 Å². The molecule has 3 nitrogen and oxygen atoms in total. The fourth-order valence-corrected chi connectivity index (χ4v) is 2.93. The fraction of sp³-hybridized carbons (Fsp3) is 0.474. The second-order valence-corrected chi connectivity index (χ2v) is 6.02. The van der Waals surface area contributed by atoms with Crippen LogP contribution in [0.1, 0.15) is 54.9 Å². The van der Waals surface area contributed by atoms with Crippen molar-refractivity contribution < 1.29 is 13.9 Å². The number of esters is 1. The summed E-state index contributed by atoms with van der Waals surface area (Å²) in [4.78, 5) is 12.2. The summed E-state index contributed by atoms with van der Waals surface area (Å²) in [7, 11) is 0. The van der Waals surface area contributed by atoms with Crippen LogP contribution in [0.25, 0.3) is 0 Å². The van der Waals surface area contributed by atoms with E-state index < -0.39 is 5.83 Å². The number of halogens is 1. The van der Waals surface area contributed by atoms with Crippen LogP contribution in [-0.4, -0.2) is 12.1 Å². The van der Waals surface area contributed by atoms with Gasteiger partial charge in [0.1, 0.15) is 12.2 Å². The van der Waals surface area contributed by atoms with Gasteiger partial charge in [-0.2, -0.15) is 9.65 Å². The van der Waals surface area contributed by atoms with Gasteiger partial charge in [0.05, 0.1) is 5.56 Å². The largest absolute Gasteiger partial charge is 0.459 e. The van der Waals surface area contributed by atoms with Gasteiger partial charge in [0.25, 0.3) is 0 Å². The molecule has 1 fully saturated rings. The van der Waals surface area contributed by atoms with E-state index in [1.54, 1.807) is 0 Å². The van der Waals surface area contributed by atoms with Crippen molar-refractivity contribution in [2.75, 3.05) is 0 Å². The van der Waals surface area contributed by atoms with Crippen LogP contribution in [0, 0.1) is 17.2 Å². The van der Waals surface area contributed by atoms with Gasteiger partial charge in [0.15, 0.2) is 5.83 Å². The van der Waals surface area contributed by atoms with Gasteiger partial charge in [-0.05, 0) is 61.8 Å². The number of carbonyl (C=O) groups is 1. The molecule has 4 heteroatoms.